The molecule has 0 spiro atoms. The van der Waals surface area contributed by atoms with Crippen molar-refractivity contribution in [1.29, 1.82) is 0 Å². The number of nitrogens with one attached hydrogen (secondary N) is 1. The maximum Gasteiger partial charge on any atom is 0.234 e. The molecule has 5 nitrogen and oxygen atoms in total. The second-order valence-electron chi connectivity index (χ2n) is 6.83. The Kier molecular flexibility index (Phi) is 4.78. The van der Waals surface area contributed by atoms with Gasteiger partial charge in [-0.3, -0.25) is 14.5 Å². The highest BCUT2D eigenvalue weighted by molar-refractivity contribution is 5.79. The molecule has 5 heteroatoms. The topological polar surface area (TPSA) is 52.7 Å². The number of hydrogen-bond donors (Lipinski definition) is 1. The number of carbonyl (C=O) groups excluding carboxylic acids is 2. The Bertz CT molecular complexity index is 381. The zero-order valence-electron chi connectivity index (χ0n) is 12.9. The van der Waals surface area contributed by atoms with Crippen molar-refractivity contribution in [2.45, 2.75) is 38.5 Å². The molecular formula is C16H27N3O2. The van der Waals surface area contributed by atoms with Crippen molar-refractivity contribution in [3.63, 3.8) is 0 Å². The first-order chi connectivity index (χ1) is 10.2. The molecule has 0 atom stereocenters. The first-order valence-electron chi connectivity index (χ1n) is 8.50. The largest absolute Gasteiger partial charge is 0.355 e. The van der Waals surface area contributed by atoms with Crippen LogP contribution in [0.4, 0.5) is 0 Å². The molecule has 2 heterocycles. The number of rotatable bonds is 5. The van der Waals surface area contributed by atoms with Crippen molar-refractivity contribution in [3.05, 3.63) is 0 Å². The third-order valence-electron chi connectivity index (χ3n) is 5.01. The summed E-state index contributed by atoms with van der Waals surface area (Å²) in [4.78, 5) is 28.4. The van der Waals surface area contributed by atoms with E-state index in [1.54, 1.807) is 0 Å². The van der Waals surface area contributed by atoms with Crippen molar-refractivity contribution >= 4 is 11.8 Å². The molecule has 3 rings (SSSR count). The molecule has 2 aliphatic heterocycles. The fourth-order valence-corrected chi connectivity index (χ4v) is 3.37. The van der Waals surface area contributed by atoms with Gasteiger partial charge in [-0.15, -0.1) is 0 Å². The SMILES string of the molecule is O=C(CN1CCC(C(=O)N2CCCC2)CC1)NCC1CC1. The Hall–Kier alpha value is -1.10. The van der Waals surface area contributed by atoms with Crippen LogP contribution in [0.25, 0.3) is 0 Å². The molecule has 1 N–H and O–H groups in total. The van der Waals surface area contributed by atoms with Crippen LogP contribution in [0.15, 0.2) is 0 Å². The number of nitrogens with zero attached hydrogens (tertiary/aromatic N) is 2. The third-order valence-corrected chi connectivity index (χ3v) is 5.01. The number of amides is 2. The van der Waals surface area contributed by atoms with Crippen molar-refractivity contribution < 1.29 is 9.59 Å². The minimum Gasteiger partial charge on any atom is -0.355 e. The van der Waals surface area contributed by atoms with Gasteiger partial charge in [0.25, 0.3) is 0 Å². The summed E-state index contributed by atoms with van der Waals surface area (Å²) in [6, 6.07) is 0. The lowest BCUT2D eigenvalue weighted by atomic mass is 9.95. The van der Waals surface area contributed by atoms with E-state index in [1.807, 2.05) is 4.90 Å². The Morgan fingerprint density at radius 3 is 2.24 bits per heavy atom. The van der Waals surface area contributed by atoms with Gasteiger partial charge in [0.2, 0.25) is 11.8 Å². The maximum absolute atomic E-state index is 12.3. The number of carbonyl (C=O) groups is 2. The molecule has 0 aromatic carbocycles. The van der Waals surface area contributed by atoms with Crippen LogP contribution in [-0.2, 0) is 9.59 Å². The predicted octanol–water partition coefficient (Wildman–Crippen LogP) is 0.847. The van der Waals surface area contributed by atoms with E-state index in [9.17, 15) is 9.59 Å². The molecule has 2 saturated heterocycles. The summed E-state index contributed by atoms with van der Waals surface area (Å²) in [6.45, 7) is 4.99. The fraction of sp³-hybridized carbons (Fsp3) is 0.875. The summed E-state index contributed by atoms with van der Waals surface area (Å²) in [5.74, 6) is 1.42. The molecule has 0 aromatic rings. The van der Waals surface area contributed by atoms with Gasteiger partial charge in [-0.1, -0.05) is 0 Å². The molecule has 0 aromatic heterocycles. The second kappa shape index (κ2) is 6.77. The minimum absolute atomic E-state index is 0.145. The summed E-state index contributed by atoms with van der Waals surface area (Å²) in [5.41, 5.74) is 0. The van der Waals surface area contributed by atoms with Crippen molar-refractivity contribution in [1.82, 2.24) is 15.1 Å². The van der Waals surface area contributed by atoms with E-state index in [4.69, 9.17) is 0 Å². The highest BCUT2D eigenvalue weighted by atomic mass is 16.2. The summed E-state index contributed by atoms with van der Waals surface area (Å²) >= 11 is 0. The van der Waals surface area contributed by atoms with Crippen LogP contribution >= 0.6 is 0 Å². The minimum atomic E-state index is 0.145. The van der Waals surface area contributed by atoms with Gasteiger partial charge in [0.1, 0.15) is 0 Å². The Morgan fingerprint density at radius 1 is 0.952 bits per heavy atom. The average Bonchev–Trinajstić information content (AvgIpc) is 3.17. The molecule has 0 bridgehead atoms. The molecule has 0 unspecified atom stereocenters. The first kappa shape index (κ1) is 14.8. The van der Waals surface area contributed by atoms with Crippen LogP contribution in [0.3, 0.4) is 0 Å². The lowest BCUT2D eigenvalue weighted by molar-refractivity contribution is -0.136. The monoisotopic (exact) mass is 293 g/mol. The van der Waals surface area contributed by atoms with Crippen LogP contribution in [0.2, 0.25) is 0 Å². The van der Waals surface area contributed by atoms with Crippen LogP contribution in [0.1, 0.15) is 38.5 Å². The van der Waals surface area contributed by atoms with Crippen LogP contribution in [-0.4, -0.2) is 60.9 Å². The molecule has 21 heavy (non-hydrogen) atoms. The smallest absolute Gasteiger partial charge is 0.234 e. The van der Waals surface area contributed by atoms with E-state index in [-0.39, 0.29) is 11.8 Å². The fourth-order valence-electron chi connectivity index (χ4n) is 3.37. The van der Waals surface area contributed by atoms with Crippen molar-refractivity contribution in [2.24, 2.45) is 11.8 Å². The van der Waals surface area contributed by atoms with Gasteiger partial charge >= 0.3 is 0 Å². The van der Waals surface area contributed by atoms with E-state index in [0.717, 1.165) is 64.3 Å². The lowest BCUT2D eigenvalue weighted by Crippen LogP contribution is -2.45. The highest BCUT2D eigenvalue weighted by Crippen LogP contribution is 2.27. The zero-order valence-corrected chi connectivity index (χ0v) is 12.9. The van der Waals surface area contributed by atoms with E-state index >= 15 is 0 Å². The van der Waals surface area contributed by atoms with E-state index < -0.39 is 0 Å². The second-order valence-corrected chi connectivity index (χ2v) is 6.83. The molecule has 1 saturated carbocycles. The van der Waals surface area contributed by atoms with Gasteiger partial charge in [-0.25, -0.2) is 0 Å². The number of likely N-dealkylation sites (tertiary alicyclic amines) is 2. The van der Waals surface area contributed by atoms with Gasteiger partial charge in [0.05, 0.1) is 6.54 Å². The average molecular weight is 293 g/mol. The van der Waals surface area contributed by atoms with E-state index in [2.05, 4.69) is 10.2 Å². The van der Waals surface area contributed by atoms with Crippen LogP contribution in [0, 0.1) is 11.8 Å². The lowest BCUT2D eigenvalue weighted by Gasteiger charge is -2.32. The summed E-state index contributed by atoms with van der Waals surface area (Å²) < 4.78 is 0. The predicted molar refractivity (Wildman–Crippen MR) is 80.7 cm³/mol. The Morgan fingerprint density at radius 2 is 1.62 bits per heavy atom. The van der Waals surface area contributed by atoms with Gasteiger partial charge in [0.15, 0.2) is 0 Å². The molecule has 3 aliphatic rings. The molecule has 1 aliphatic carbocycles. The van der Waals surface area contributed by atoms with Gasteiger partial charge in [-0.05, 0) is 57.5 Å². The molecule has 118 valence electrons. The molecule has 2 amide bonds. The molecular weight excluding hydrogens is 266 g/mol. The Balaban J connectivity index is 1.35. The highest BCUT2D eigenvalue weighted by Gasteiger charge is 2.30. The van der Waals surface area contributed by atoms with Crippen molar-refractivity contribution in [2.75, 3.05) is 39.3 Å². The molecule has 0 radical (unpaired) electrons. The summed E-state index contributed by atoms with van der Waals surface area (Å²) in [5, 5.41) is 3.01. The van der Waals surface area contributed by atoms with Crippen LogP contribution in [0.5, 0.6) is 0 Å². The van der Waals surface area contributed by atoms with Gasteiger partial charge in [-0.2, -0.15) is 0 Å². The standard InChI is InChI=1S/C16H27N3O2/c20-15(17-11-13-3-4-13)12-18-9-5-14(6-10-18)16(21)19-7-1-2-8-19/h13-14H,1-12H2,(H,17,20). The van der Waals surface area contributed by atoms with Gasteiger partial charge < -0.3 is 10.2 Å². The summed E-state index contributed by atoms with van der Waals surface area (Å²) in [6.07, 6.45) is 6.67. The first-order valence-corrected chi connectivity index (χ1v) is 8.50. The normalized spacial score (nSPS) is 24.3. The quantitative estimate of drug-likeness (QED) is 0.817. The number of hydrogen-bond acceptors (Lipinski definition) is 3. The molecule has 3 fully saturated rings. The van der Waals surface area contributed by atoms with Crippen molar-refractivity contribution in [3.8, 4) is 0 Å². The maximum atomic E-state index is 12.3. The van der Waals surface area contributed by atoms with E-state index in [1.165, 1.54) is 12.8 Å². The number of piperidine rings is 1. The van der Waals surface area contributed by atoms with E-state index in [0.29, 0.717) is 12.5 Å². The zero-order chi connectivity index (χ0) is 14.7. The Labute approximate surface area is 127 Å². The third kappa shape index (κ3) is 4.19. The summed E-state index contributed by atoms with van der Waals surface area (Å²) in [7, 11) is 0. The van der Waals surface area contributed by atoms with Crippen LogP contribution < -0.4 is 5.32 Å². The van der Waals surface area contributed by atoms with Gasteiger partial charge in [0, 0.05) is 25.6 Å².